The average molecular weight is 427 g/mol. The second-order valence-corrected chi connectivity index (χ2v) is 8.76. The molecule has 3 aliphatic heterocycles. The standard InChI is InChI=1S/C22H30N6O3/c23-20(29)15-4-10-27(11-5-15)19-14-16(3-8-24-19)21-25-22(31-26-21)18-2-1-9-28(18)17-6-12-30-13-7-17/h3,8,14-15,17-18H,1-2,4-7,9-13H2,(H2,23,29)/t18-/m0/s1. The van der Waals surface area contributed by atoms with Crippen molar-refractivity contribution in [3.63, 3.8) is 0 Å². The first-order valence-electron chi connectivity index (χ1n) is 11.4. The van der Waals surface area contributed by atoms with Crippen LogP contribution in [-0.4, -0.2) is 64.8 Å². The molecule has 166 valence electrons. The van der Waals surface area contributed by atoms with E-state index in [9.17, 15) is 4.79 Å². The number of pyridine rings is 1. The summed E-state index contributed by atoms with van der Waals surface area (Å²) in [6.07, 6.45) is 7.64. The van der Waals surface area contributed by atoms with E-state index in [1.165, 1.54) is 0 Å². The number of anilines is 1. The van der Waals surface area contributed by atoms with Gasteiger partial charge in [-0.05, 0) is 57.2 Å². The van der Waals surface area contributed by atoms with E-state index in [2.05, 4.69) is 19.9 Å². The zero-order valence-corrected chi connectivity index (χ0v) is 17.8. The van der Waals surface area contributed by atoms with Crippen LogP contribution >= 0.6 is 0 Å². The summed E-state index contributed by atoms with van der Waals surface area (Å²) < 4.78 is 11.3. The molecule has 3 fully saturated rings. The fourth-order valence-corrected chi connectivity index (χ4v) is 5.12. The highest BCUT2D eigenvalue weighted by atomic mass is 16.5. The van der Waals surface area contributed by atoms with Gasteiger partial charge in [0.2, 0.25) is 17.6 Å². The normalized spacial score (nSPS) is 24.0. The lowest BCUT2D eigenvalue weighted by atomic mass is 9.96. The highest BCUT2D eigenvalue weighted by molar-refractivity contribution is 5.77. The number of amides is 1. The minimum absolute atomic E-state index is 0.0377. The van der Waals surface area contributed by atoms with Gasteiger partial charge in [-0.25, -0.2) is 4.98 Å². The van der Waals surface area contributed by atoms with Crippen LogP contribution in [0.25, 0.3) is 11.4 Å². The number of likely N-dealkylation sites (tertiary alicyclic amines) is 1. The third-order valence-corrected chi connectivity index (χ3v) is 6.91. The fraction of sp³-hybridized carbons (Fsp3) is 0.636. The molecule has 0 unspecified atom stereocenters. The molecular formula is C22H30N6O3. The molecule has 1 amide bonds. The molecule has 2 N–H and O–H groups in total. The van der Waals surface area contributed by atoms with Crippen LogP contribution in [0.2, 0.25) is 0 Å². The van der Waals surface area contributed by atoms with E-state index in [-0.39, 0.29) is 17.9 Å². The summed E-state index contributed by atoms with van der Waals surface area (Å²) >= 11 is 0. The van der Waals surface area contributed by atoms with Gasteiger partial charge in [0.15, 0.2) is 0 Å². The predicted molar refractivity (Wildman–Crippen MR) is 114 cm³/mol. The summed E-state index contributed by atoms with van der Waals surface area (Å²) in [6.45, 7) is 4.28. The summed E-state index contributed by atoms with van der Waals surface area (Å²) in [7, 11) is 0. The van der Waals surface area contributed by atoms with Crippen LogP contribution < -0.4 is 10.6 Å². The minimum Gasteiger partial charge on any atom is -0.381 e. The number of carbonyl (C=O) groups is 1. The summed E-state index contributed by atoms with van der Waals surface area (Å²) in [6, 6.07) is 4.65. The number of hydrogen-bond acceptors (Lipinski definition) is 8. The molecule has 31 heavy (non-hydrogen) atoms. The Hall–Kier alpha value is -2.52. The second-order valence-electron chi connectivity index (χ2n) is 8.76. The van der Waals surface area contributed by atoms with Crippen LogP contribution in [0.1, 0.15) is 50.5 Å². The maximum Gasteiger partial charge on any atom is 0.244 e. The maximum atomic E-state index is 11.4. The van der Waals surface area contributed by atoms with Gasteiger partial charge in [0.25, 0.3) is 0 Å². The third kappa shape index (κ3) is 4.29. The van der Waals surface area contributed by atoms with E-state index in [1.807, 2.05) is 12.1 Å². The zero-order chi connectivity index (χ0) is 21.2. The molecule has 9 heteroatoms. The Kier molecular flexibility index (Phi) is 5.87. The molecule has 3 saturated heterocycles. The van der Waals surface area contributed by atoms with Crippen molar-refractivity contribution in [2.24, 2.45) is 11.7 Å². The molecule has 0 spiro atoms. The fourth-order valence-electron chi connectivity index (χ4n) is 5.12. The van der Waals surface area contributed by atoms with Crippen molar-refractivity contribution in [1.82, 2.24) is 20.0 Å². The van der Waals surface area contributed by atoms with Gasteiger partial charge in [0.05, 0.1) is 6.04 Å². The monoisotopic (exact) mass is 426 g/mol. The summed E-state index contributed by atoms with van der Waals surface area (Å²) in [5.41, 5.74) is 6.35. The smallest absolute Gasteiger partial charge is 0.244 e. The van der Waals surface area contributed by atoms with Gasteiger partial charge in [-0.3, -0.25) is 9.69 Å². The van der Waals surface area contributed by atoms with Crippen molar-refractivity contribution >= 4 is 11.7 Å². The van der Waals surface area contributed by atoms with E-state index in [0.717, 1.165) is 82.8 Å². The van der Waals surface area contributed by atoms with Gasteiger partial charge in [-0.15, -0.1) is 0 Å². The Labute approximate surface area is 181 Å². The molecule has 1 atom stereocenters. The average Bonchev–Trinajstić information content (AvgIpc) is 3.50. The Balaban J connectivity index is 1.30. The van der Waals surface area contributed by atoms with Gasteiger partial charge < -0.3 is 19.9 Å². The van der Waals surface area contributed by atoms with E-state index in [0.29, 0.717) is 17.8 Å². The Morgan fingerprint density at radius 1 is 1.10 bits per heavy atom. The maximum absolute atomic E-state index is 11.4. The molecule has 0 aromatic carbocycles. The number of aromatic nitrogens is 3. The summed E-state index contributed by atoms with van der Waals surface area (Å²) in [4.78, 5) is 25.4. The van der Waals surface area contributed by atoms with E-state index in [1.54, 1.807) is 6.20 Å². The largest absolute Gasteiger partial charge is 0.381 e. The number of nitrogens with two attached hydrogens (primary N) is 1. The molecule has 5 rings (SSSR count). The molecule has 0 saturated carbocycles. The number of hydrogen-bond donors (Lipinski definition) is 1. The van der Waals surface area contributed by atoms with Crippen molar-refractivity contribution in [3.8, 4) is 11.4 Å². The molecule has 2 aromatic rings. The molecule has 0 bridgehead atoms. The number of ether oxygens (including phenoxy) is 1. The lowest BCUT2D eigenvalue weighted by molar-refractivity contribution is -0.122. The Bertz CT molecular complexity index is 904. The van der Waals surface area contributed by atoms with E-state index < -0.39 is 0 Å². The van der Waals surface area contributed by atoms with Gasteiger partial charge in [-0.2, -0.15) is 4.98 Å². The number of piperidine rings is 1. The molecule has 0 aliphatic carbocycles. The molecule has 0 radical (unpaired) electrons. The highest BCUT2D eigenvalue weighted by Gasteiger charge is 2.36. The van der Waals surface area contributed by atoms with E-state index in [4.69, 9.17) is 20.0 Å². The van der Waals surface area contributed by atoms with Crippen LogP contribution in [0, 0.1) is 5.92 Å². The number of nitrogens with zero attached hydrogens (tertiary/aromatic N) is 5. The van der Waals surface area contributed by atoms with Crippen molar-refractivity contribution in [2.75, 3.05) is 37.7 Å². The van der Waals surface area contributed by atoms with Crippen LogP contribution in [0.5, 0.6) is 0 Å². The van der Waals surface area contributed by atoms with Gasteiger partial charge >= 0.3 is 0 Å². The molecule has 9 nitrogen and oxygen atoms in total. The van der Waals surface area contributed by atoms with Crippen LogP contribution in [0.4, 0.5) is 5.82 Å². The van der Waals surface area contributed by atoms with Crippen molar-refractivity contribution in [3.05, 3.63) is 24.2 Å². The number of primary amides is 1. The lowest BCUT2D eigenvalue weighted by Crippen LogP contribution is -2.39. The summed E-state index contributed by atoms with van der Waals surface area (Å²) in [5, 5.41) is 4.29. The summed E-state index contributed by atoms with van der Waals surface area (Å²) in [5.74, 6) is 1.94. The van der Waals surface area contributed by atoms with Gasteiger partial charge in [0.1, 0.15) is 5.82 Å². The van der Waals surface area contributed by atoms with Crippen molar-refractivity contribution in [2.45, 2.75) is 50.6 Å². The first kappa shape index (κ1) is 20.4. The van der Waals surface area contributed by atoms with Crippen LogP contribution in [0.3, 0.4) is 0 Å². The quantitative estimate of drug-likeness (QED) is 0.774. The number of carbonyl (C=O) groups excluding carboxylic acids is 1. The van der Waals surface area contributed by atoms with Crippen molar-refractivity contribution in [1.29, 1.82) is 0 Å². The van der Waals surface area contributed by atoms with Gasteiger partial charge in [-0.1, -0.05) is 5.16 Å². The molecule has 5 heterocycles. The molecular weight excluding hydrogens is 396 g/mol. The topological polar surface area (TPSA) is 111 Å². The predicted octanol–water partition coefficient (Wildman–Crippen LogP) is 2.15. The molecule has 2 aromatic heterocycles. The third-order valence-electron chi connectivity index (χ3n) is 6.91. The number of rotatable bonds is 5. The van der Waals surface area contributed by atoms with E-state index >= 15 is 0 Å². The first-order chi connectivity index (χ1) is 15.2. The Morgan fingerprint density at radius 2 is 1.90 bits per heavy atom. The minimum atomic E-state index is -0.206. The molecule has 3 aliphatic rings. The van der Waals surface area contributed by atoms with Crippen molar-refractivity contribution < 1.29 is 14.1 Å². The first-order valence-corrected chi connectivity index (χ1v) is 11.4. The highest BCUT2D eigenvalue weighted by Crippen LogP contribution is 2.36. The lowest BCUT2D eigenvalue weighted by Gasteiger charge is -2.33. The zero-order valence-electron chi connectivity index (χ0n) is 17.8. The van der Waals surface area contributed by atoms with Crippen LogP contribution in [0.15, 0.2) is 22.9 Å². The van der Waals surface area contributed by atoms with Crippen LogP contribution in [-0.2, 0) is 9.53 Å². The SMILES string of the molecule is NC(=O)C1CCN(c2cc(-c3noc([C@@H]4CCCN4C4CCOCC4)n3)ccn2)CC1. The van der Waals surface area contributed by atoms with Gasteiger partial charge in [0, 0.05) is 50.0 Å². The Morgan fingerprint density at radius 3 is 2.68 bits per heavy atom. The second kappa shape index (κ2) is 8.92.